The molecule has 1 fully saturated rings. The second-order valence-corrected chi connectivity index (χ2v) is 8.11. The molecule has 0 saturated carbocycles. The molecule has 106 valence electrons. The zero-order valence-electron chi connectivity index (χ0n) is 10.2. The maximum atomic E-state index is 12.5. The van der Waals surface area contributed by atoms with Crippen molar-refractivity contribution in [3.05, 3.63) is 21.1 Å². The molecule has 1 aliphatic rings. The van der Waals surface area contributed by atoms with Crippen LogP contribution in [0.1, 0.15) is 13.3 Å². The van der Waals surface area contributed by atoms with Gasteiger partial charge in [-0.25, -0.2) is 13.1 Å². The number of nitrogen functional groups attached to an aromatic ring is 1. The van der Waals surface area contributed by atoms with Crippen molar-refractivity contribution < 1.29 is 13.2 Å². The molecule has 1 unspecified atom stereocenters. The van der Waals surface area contributed by atoms with Crippen LogP contribution in [0.15, 0.2) is 26.0 Å². The molecule has 1 saturated heterocycles. The van der Waals surface area contributed by atoms with Gasteiger partial charge in [-0.05, 0) is 57.3 Å². The number of anilines is 1. The van der Waals surface area contributed by atoms with Crippen molar-refractivity contribution in [1.29, 1.82) is 0 Å². The van der Waals surface area contributed by atoms with E-state index in [1.54, 1.807) is 12.1 Å². The number of nitrogens with two attached hydrogens (primary N) is 1. The van der Waals surface area contributed by atoms with Crippen LogP contribution in [-0.4, -0.2) is 27.2 Å². The molecule has 0 spiro atoms. The lowest BCUT2D eigenvalue weighted by molar-refractivity contribution is 0.178. The molecule has 5 nitrogen and oxygen atoms in total. The van der Waals surface area contributed by atoms with E-state index >= 15 is 0 Å². The highest BCUT2D eigenvalue weighted by molar-refractivity contribution is 9.11. The Hall–Kier alpha value is -0.150. The number of benzene rings is 1. The lowest BCUT2D eigenvalue weighted by Crippen LogP contribution is -2.46. The van der Waals surface area contributed by atoms with Crippen LogP contribution in [0.4, 0.5) is 5.69 Å². The quantitative estimate of drug-likeness (QED) is 0.744. The molecule has 2 rings (SSSR count). The summed E-state index contributed by atoms with van der Waals surface area (Å²) in [6.07, 6.45) is 0.649. The third-order valence-corrected chi connectivity index (χ3v) is 6.40. The number of hydrogen-bond acceptors (Lipinski definition) is 4. The van der Waals surface area contributed by atoms with E-state index in [2.05, 4.69) is 36.6 Å². The highest BCUT2D eigenvalue weighted by Crippen LogP contribution is 2.33. The number of ether oxygens (including phenoxy) is 1. The fourth-order valence-electron chi connectivity index (χ4n) is 1.96. The number of hydrogen-bond donors (Lipinski definition) is 2. The van der Waals surface area contributed by atoms with Crippen molar-refractivity contribution >= 4 is 47.6 Å². The van der Waals surface area contributed by atoms with Crippen LogP contribution < -0.4 is 10.5 Å². The standard InChI is InChI=1S/C11H14Br2N2O3S/c1-11(2-3-18-6-11)15-19(16,17)10-8(12)4-7(14)5-9(10)13/h4-5,15H,2-3,6,14H2,1H3. The molecular weight excluding hydrogens is 400 g/mol. The molecule has 0 bridgehead atoms. The van der Waals surface area contributed by atoms with E-state index < -0.39 is 15.6 Å². The van der Waals surface area contributed by atoms with E-state index in [4.69, 9.17) is 10.5 Å². The van der Waals surface area contributed by atoms with E-state index in [1.807, 2.05) is 6.92 Å². The Bertz CT molecular complexity index is 575. The highest BCUT2D eigenvalue weighted by atomic mass is 79.9. The lowest BCUT2D eigenvalue weighted by Gasteiger charge is -2.24. The molecule has 3 N–H and O–H groups in total. The van der Waals surface area contributed by atoms with Gasteiger partial charge in [0.15, 0.2) is 0 Å². The van der Waals surface area contributed by atoms with E-state index in [0.717, 1.165) is 0 Å². The average molecular weight is 414 g/mol. The van der Waals surface area contributed by atoms with Gasteiger partial charge < -0.3 is 10.5 Å². The number of rotatable bonds is 3. The summed E-state index contributed by atoms with van der Waals surface area (Å²) in [5, 5.41) is 0. The Morgan fingerprint density at radius 1 is 1.37 bits per heavy atom. The van der Waals surface area contributed by atoms with Crippen LogP contribution in [0.25, 0.3) is 0 Å². The van der Waals surface area contributed by atoms with Gasteiger partial charge in [-0.15, -0.1) is 0 Å². The number of sulfonamides is 1. The molecular formula is C11H14Br2N2O3S. The first-order chi connectivity index (χ1) is 8.73. The predicted molar refractivity (Wildman–Crippen MR) is 80.4 cm³/mol. The van der Waals surface area contributed by atoms with Crippen LogP contribution in [0, 0.1) is 0 Å². The zero-order chi connectivity index (χ0) is 14.3. The Morgan fingerprint density at radius 2 is 1.95 bits per heavy atom. The molecule has 1 heterocycles. The summed E-state index contributed by atoms with van der Waals surface area (Å²) in [6.45, 7) is 2.76. The molecule has 1 atom stereocenters. The van der Waals surface area contributed by atoms with Crippen molar-refractivity contribution in [3.63, 3.8) is 0 Å². The summed E-state index contributed by atoms with van der Waals surface area (Å²) in [7, 11) is -3.66. The smallest absolute Gasteiger partial charge is 0.243 e. The minimum Gasteiger partial charge on any atom is -0.399 e. The van der Waals surface area contributed by atoms with Crippen LogP contribution >= 0.6 is 31.9 Å². The molecule has 1 aromatic rings. The second-order valence-electron chi connectivity index (χ2n) is 4.78. The first kappa shape index (κ1) is 15.2. The maximum absolute atomic E-state index is 12.5. The van der Waals surface area contributed by atoms with Gasteiger partial charge >= 0.3 is 0 Å². The molecule has 0 radical (unpaired) electrons. The van der Waals surface area contributed by atoms with Gasteiger partial charge in [0.1, 0.15) is 4.90 Å². The van der Waals surface area contributed by atoms with Crippen molar-refractivity contribution in [3.8, 4) is 0 Å². The Labute approximate surface area is 129 Å². The summed E-state index contributed by atoms with van der Waals surface area (Å²) < 4.78 is 33.8. The fraction of sp³-hybridized carbons (Fsp3) is 0.455. The minimum absolute atomic E-state index is 0.148. The predicted octanol–water partition coefficient (Wildman–Crippen LogP) is 2.25. The lowest BCUT2D eigenvalue weighted by atomic mass is 10.0. The summed E-state index contributed by atoms with van der Waals surface area (Å²) >= 11 is 6.48. The van der Waals surface area contributed by atoms with Gasteiger partial charge in [-0.2, -0.15) is 0 Å². The summed E-state index contributed by atoms with van der Waals surface area (Å²) in [5.74, 6) is 0. The maximum Gasteiger partial charge on any atom is 0.243 e. The Balaban J connectivity index is 2.40. The summed E-state index contributed by atoms with van der Waals surface area (Å²) in [6, 6.07) is 3.12. The molecule has 0 aromatic heterocycles. The van der Waals surface area contributed by atoms with E-state index in [9.17, 15) is 8.42 Å². The van der Waals surface area contributed by atoms with E-state index in [1.165, 1.54) is 0 Å². The van der Waals surface area contributed by atoms with E-state index in [0.29, 0.717) is 34.3 Å². The normalized spacial score (nSPS) is 23.7. The van der Waals surface area contributed by atoms with Crippen molar-refractivity contribution in [2.75, 3.05) is 18.9 Å². The van der Waals surface area contributed by atoms with Crippen LogP contribution in [0.2, 0.25) is 0 Å². The van der Waals surface area contributed by atoms with Gasteiger partial charge in [0.2, 0.25) is 10.0 Å². The zero-order valence-corrected chi connectivity index (χ0v) is 14.2. The van der Waals surface area contributed by atoms with Crippen LogP contribution in [0.3, 0.4) is 0 Å². The topological polar surface area (TPSA) is 81.4 Å². The molecule has 1 aliphatic heterocycles. The minimum atomic E-state index is -3.66. The number of nitrogens with one attached hydrogen (secondary N) is 1. The van der Waals surface area contributed by atoms with Gasteiger partial charge in [0.25, 0.3) is 0 Å². The number of halogens is 2. The third kappa shape index (κ3) is 3.30. The second kappa shape index (κ2) is 5.33. The summed E-state index contributed by atoms with van der Waals surface area (Å²) in [5.41, 5.74) is 5.58. The monoisotopic (exact) mass is 412 g/mol. The molecule has 8 heteroatoms. The summed E-state index contributed by atoms with van der Waals surface area (Å²) in [4.78, 5) is 0.148. The first-order valence-electron chi connectivity index (χ1n) is 5.60. The van der Waals surface area contributed by atoms with Gasteiger partial charge in [-0.3, -0.25) is 0 Å². The SMILES string of the molecule is CC1(NS(=O)(=O)c2c(Br)cc(N)cc2Br)CCOC1. The Morgan fingerprint density at radius 3 is 2.42 bits per heavy atom. The van der Waals surface area contributed by atoms with Gasteiger partial charge in [0.05, 0.1) is 12.1 Å². The largest absolute Gasteiger partial charge is 0.399 e. The first-order valence-corrected chi connectivity index (χ1v) is 8.67. The molecule has 0 aliphatic carbocycles. The van der Waals surface area contributed by atoms with Crippen molar-refractivity contribution in [2.45, 2.75) is 23.8 Å². The third-order valence-electron chi connectivity index (χ3n) is 2.89. The average Bonchev–Trinajstić information content (AvgIpc) is 2.60. The Kier molecular flexibility index (Phi) is 4.27. The molecule has 1 aromatic carbocycles. The molecule has 19 heavy (non-hydrogen) atoms. The fourth-order valence-corrected chi connectivity index (χ4v) is 6.00. The van der Waals surface area contributed by atoms with E-state index in [-0.39, 0.29) is 4.90 Å². The van der Waals surface area contributed by atoms with Crippen LogP contribution in [0.5, 0.6) is 0 Å². The van der Waals surface area contributed by atoms with Crippen molar-refractivity contribution in [2.24, 2.45) is 0 Å². The highest BCUT2D eigenvalue weighted by Gasteiger charge is 2.36. The van der Waals surface area contributed by atoms with Gasteiger partial charge in [-0.1, -0.05) is 0 Å². The molecule has 0 amide bonds. The van der Waals surface area contributed by atoms with Gasteiger partial charge in [0, 0.05) is 21.2 Å². The van der Waals surface area contributed by atoms with Crippen molar-refractivity contribution in [1.82, 2.24) is 4.72 Å². The van der Waals surface area contributed by atoms with Crippen LogP contribution in [-0.2, 0) is 14.8 Å².